The number of rotatable bonds is 6. The molecule has 1 aromatic rings. The van der Waals surface area contributed by atoms with Gasteiger partial charge in [-0.2, -0.15) is 5.26 Å². The van der Waals surface area contributed by atoms with E-state index in [1.807, 2.05) is 0 Å². The van der Waals surface area contributed by atoms with E-state index >= 15 is 0 Å². The summed E-state index contributed by atoms with van der Waals surface area (Å²) < 4.78 is 0. The normalized spacial score (nSPS) is 12.1. The van der Waals surface area contributed by atoms with E-state index in [0.29, 0.717) is 21.8 Å². The second-order valence-electron chi connectivity index (χ2n) is 4.27. The molecule has 0 fully saturated rings. The summed E-state index contributed by atoms with van der Waals surface area (Å²) in [6, 6.07) is 2.11. The van der Waals surface area contributed by atoms with Crippen LogP contribution in [0.2, 0.25) is 0 Å². The molecule has 0 aliphatic rings. The molecule has 0 spiro atoms. The number of aromatic nitrogens is 2. The molecule has 1 atom stereocenters. The zero-order valence-corrected chi connectivity index (χ0v) is 12.0. The molecule has 4 nitrogen and oxygen atoms in total. The highest BCUT2D eigenvalue weighted by molar-refractivity contribution is 7.99. The molecule has 2 N–H and O–H groups in total. The van der Waals surface area contributed by atoms with Crippen LogP contribution in [-0.2, 0) is 6.42 Å². The first-order valence-corrected chi connectivity index (χ1v) is 7.23. The first-order valence-electron chi connectivity index (χ1n) is 6.35. The van der Waals surface area contributed by atoms with Crippen molar-refractivity contribution < 1.29 is 0 Å². The van der Waals surface area contributed by atoms with Crippen molar-refractivity contribution in [2.45, 2.75) is 56.9 Å². The SMILES string of the molecule is CCCCc1nc(SC(C)CC)nc(N)c1C#N. The van der Waals surface area contributed by atoms with E-state index < -0.39 is 0 Å². The summed E-state index contributed by atoms with van der Waals surface area (Å²) in [5.74, 6) is 0.310. The van der Waals surface area contributed by atoms with Crippen LogP contribution in [0.5, 0.6) is 0 Å². The fourth-order valence-electron chi connectivity index (χ4n) is 1.47. The van der Waals surface area contributed by atoms with Crippen molar-refractivity contribution in [3.8, 4) is 6.07 Å². The lowest BCUT2D eigenvalue weighted by Crippen LogP contribution is -2.07. The van der Waals surface area contributed by atoms with E-state index in [2.05, 4.69) is 36.8 Å². The maximum Gasteiger partial charge on any atom is 0.190 e. The standard InChI is InChI=1S/C13H20N4S/c1-4-6-7-11-10(8-14)12(15)17-13(16-11)18-9(3)5-2/h9H,4-7H2,1-3H3,(H2,15,16,17). The van der Waals surface area contributed by atoms with E-state index in [1.165, 1.54) is 0 Å². The van der Waals surface area contributed by atoms with Crippen molar-refractivity contribution >= 4 is 17.6 Å². The predicted molar refractivity (Wildman–Crippen MR) is 75.4 cm³/mol. The lowest BCUT2D eigenvalue weighted by atomic mass is 10.1. The summed E-state index contributed by atoms with van der Waals surface area (Å²) in [5.41, 5.74) is 7.07. The Hall–Kier alpha value is -1.28. The lowest BCUT2D eigenvalue weighted by Gasteiger charge is -2.10. The molecule has 1 unspecified atom stereocenters. The Morgan fingerprint density at radius 2 is 2.11 bits per heavy atom. The molecule has 0 bridgehead atoms. The number of nitrogens with two attached hydrogens (primary N) is 1. The van der Waals surface area contributed by atoms with Crippen LogP contribution in [0.15, 0.2) is 5.16 Å². The molecule has 0 aliphatic carbocycles. The predicted octanol–water partition coefficient (Wildman–Crippen LogP) is 3.16. The number of thioether (sulfide) groups is 1. The fraction of sp³-hybridized carbons (Fsp3) is 0.615. The van der Waals surface area contributed by atoms with Crippen LogP contribution in [0.4, 0.5) is 5.82 Å². The third kappa shape index (κ3) is 3.88. The van der Waals surface area contributed by atoms with Gasteiger partial charge in [-0.05, 0) is 19.3 Å². The summed E-state index contributed by atoms with van der Waals surface area (Å²) >= 11 is 1.61. The first kappa shape index (κ1) is 14.8. The van der Waals surface area contributed by atoms with E-state index in [0.717, 1.165) is 31.4 Å². The molecule has 1 aromatic heterocycles. The Morgan fingerprint density at radius 3 is 2.67 bits per heavy atom. The number of nitrogen functional groups attached to an aromatic ring is 1. The molecule has 0 saturated carbocycles. The molecule has 1 heterocycles. The van der Waals surface area contributed by atoms with Gasteiger partial charge in [0.1, 0.15) is 17.5 Å². The van der Waals surface area contributed by atoms with Crippen molar-refractivity contribution in [1.82, 2.24) is 9.97 Å². The van der Waals surface area contributed by atoms with Crippen molar-refractivity contribution in [2.24, 2.45) is 0 Å². The molecule has 1 rings (SSSR count). The Balaban J connectivity index is 3.02. The molecular weight excluding hydrogens is 244 g/mol. The van der Waals surface area contributed by atoms with Crippen LogP contribution in [0.3, 0.4) is 0 Å². The lowest BCUT2D eigenvalue weighted by molar-refractivity contribution is 0.754. The van der Waals surface area contributed by atoms with Gasteiger partial charge in [-0.1, -0.05) is 39.0 Å². The van der Waals surface area contributed by atoms with Crippen LogP contribution in [0.25, 0.3) is 0 Å². The average Bonchev–Trinajstić information content (AvgIpc) is 2.35. The van der Waals surface area contributed by atoms with Crippen molar-refractivity contribution in [3.05, 3.63) is 11.3 Å². The highest BCUT2D eigenvalue weighted by Crippen LogP contribution is 2.25. The van der Waals surface area contributed by atoms with Gasteiger partial charge in [-0.25, -0.2) is 9.97 Å². The number of aryl methyl sites for hydroxylation is 1. The van der Waals surface area contributed by atoms with Crippen LogP contribution >= 0.6 is 11.8 Å². The number of anilines is 1. The molecular formula is C13H20N4S. The maximum atomic E-state index is 9.10. The Bertz CT molecular complexity index is 439. The van der Waals surface area contributed by atoms with E-state index in [1.54, 1.807) is 11.8 Å². The minimum absolute atomic E-state index is 0.310. The van der Waals surface area contributed by atoms with E-state index in [9.17, 15) is 0 Å². The zero-order valence-electron chi connectivity index (χ0n) is 11.2. The summed E-state index contributed by atoms with van der Waals surface area (Å²) in [4.78, 5) is 8.69. The third-order valence-corrected chi connectivity index (χ3v) is 3.88. The largest absolute Gasteiger partial charge is 0.382 e. The van der Waals surface area contributed by atoms with Gasteiger partial charge in [0.15, 0.2) is 5.16 Å². The van der Waals surface area contributed by atoms with E-state index in [-0.39, 0.29) is 0 Å². The van der Waals surface area contributed by atoms with Gasteiger partial charge in [-0.3, -0.25) is 0 Å². The molecule has 18 heavy (non-hydrogen) atoms. The highest BCUT2D eigenvalue weighted by atomic mass is 32.2. The van der Waals surface area contributed by atoms with Crippen LogP contribution < -0.4 is 5.73 Å². The summed E-state index contributed by atoms with van der Waals surface area (Å²) in [5, 5.41) is 10.2. The quantitative estimate of drug-likeness (QED) is 0.631. The van der Waals surface area contributed by atoms with Crippen molar-refractivity contribution in [1.29, 1.82) is 5.26 Å². The summed E-state index contributed by atoms with van der Waals surface area (Å²) in [6.45, 7) is 6.38. The third-order valence-electron chi connectivity index (χ3n) is 2.75. The van der Waals surface area contributed by atoms with Gasteiger partial charge in [-0.15, -0.1) is 0 Å². The van der Waals surface area contributed by atoms with Gasteiger partial charge in [0.05, 0.1) is 5.69 Å². The van der Waals surface area contributed by atoms with Crippen molar-refractivity contribution in [3.63, 3.8) is 0 Å². The monoisotopic (exact) mass is 264 g/mol. The van der Waals surface area contributed by atoms with Crippen LogP contribution in [0.1, 0.15) is 51.3 Å². The van der Waals surface area contributed by atoms with Crippen LogP contribution in [0, 0.1) is 11.3 Å². The molecule has 0 amide bonds. The second kappa shape index (κ2) is 7.22. The number of hydrogen-bond donors (Lipinski definition) is 1. The fourth-order valence-corrected chi connectivity index (χ4v) is 2.31. The number of nitriles is 1. The molecule has 0 aromatic carbocycles. The van der Waals surface area contributed by atoms with Gasteiger partial charge >= 0.3 is 0 Å². The smallest absolute Gasteiger partial charge is 0.190 e. The van der Waals surface area contributed by atoms with Gasteiger partial charge in [0.2, 0.25) is 0 Å². The Kier molecular flexibility index (Phi) is 5.93. The summed E-state index contributed by atoms with van der Waals surface area (Å²) in [7, 11) is 0. The highest BCUT2D eigenvalue weighted by Gasteiger charge is 2.13. The second-order valence-corrected chi connectivity index (χ2v) is 5.67. The molecule has 0 aliphatic heterocycles. The van der Waals surface area contributed by atoms with Crippen LogP contribution in [-0.4, -0.2) is 15.2 Å². The molecule has 0 radical (unpaired) electrons. The Morgan fingerprint density at radius 1 is 1.39 bits per heavy atom. The first-order chi connectivity index (χ1) is 8.62. The zero-order chi connectivity index (χ0) is 13.5. The van der Waals surface area contributed by atoms with Gasteiger partial charge in [0.25, 0.3) is 0 Å². The average molecular weight is 264 g/mol. The molecule has 5 heteroatoms. The topological polar surface area (TPSA) is 75.6 Å². The molecule has 0 saturated heterocycles. The number of hydrogen-bond acceptors (Lipinski definition) is 5. The van der Waals surface area contributed by atoms with Crippen molar-refractivity contribution in [2.75, 3.05) is 5.73 Å². The summed E-state index contributed by atoms with van der Waals surface area (Å²) in [6.07, 6.45) is 3.93. The minimum atomic E-state index is 0.310. The molecule has 98 valence electrons. The van der Waals surface area contributed by atoms with Gasteiger partial charge < -0.3 is 5.73 Å². The van der Waals surface area contributed by atoms with E-state index in [4.69, 9.17) is 11.0 Å². The minimum Gasteiger partial charge on any atom is -0.382 e. The Labute approximate surface area is 113 Å². The van der Waals surface area contributed by atoms with Gasteiger partial charge in [0, 0.05) is 5.25 Å². The number of unbranched alkanes of at least 4 members (excludes halogenated alkanes) is 1. The maximum absolute atomic E-state index is 9.10. The number of nitrogens with zero attached hydrogens (tertiary/aromatic N) is 3.